The number of hydrogen-bond donors (Lipinski definition) is 1. The van der Waals surface area contributed by atoms with Crippen molar-refractivity contribution < 1.29 is 4.79 Å². The molecule has 0 aliphatic carbocycles. The number of nitrogens with zero attached hydrogens (tertiary/aromatic N) is 3. The van der Waals surface area contributed by atoms with E-state index in [1.54, 1.807) is 4.68 Å². The lowest BCUT2D eigenvalue weighted by Gasteiger charge is -2.23. The first-order valence-electron chi connectivity index (χ1n) is 5.19. The molecule has 2 aromatic rings. The molecule has 0 fully saturated rings. The van der Waals surface area contributed by atoms with Crippen LogP contribution < -0.4 is 5.32 Å². The predicted octanol–water partition coefficient (Wildman–Crippen LogP) is 1.97. The van der Waals surface area contributed by atoms with Crippen LogP contribution >= 0.6 is 15.9 Å². The highest BCUT2D eigenvalue weighted by atomic mass is 79.9. The number of hydrogen-bond acceptors (Lipinski definition) is 3. The number of rotatable bonds is 1. The lowest BCUT2D eigenvalue weighted by atomic mass is 10.0. The number of benzene rings is 1. The summed E-state index contributed by atoms with van der Waals surface area (Å²) in [5, 5.41) is 6.85. The van der Waals surface area contributed by atoms with Crippen LogP contribution in [0, 0.1) is 0 Å². The van der Waals surface area contributed by atoms with Gasteiger partial charge in [-0.15, -0.1) is 0 Å². The van der Waals surface area contributed by atoms with Crippen molar-refractivity contribution in [2.24, 2.45) is 0 Å². The number of nitrogens with one attached hydrogen (secondary N) is 1. The highest BCUT2D eigenvalue weighted by molar-refractivity contribution is 9.10. The van der Waals surface area contributed by atoms with E-state index in [0.717, 1.165) is 10.0 Å². The summed E-state index contributed by atoms with van der Waals surface area (Å²) in [6, 6.07) is 7.80. The number of carbonyl (C=O) groups excluding carboxylic acids is 1. The van der Waals surface area contributed by atoms with E-state index in [9.17, 15) is 4.79 Å². The molecule has 86 valence electrons. The maximum atomic E-state index is 11.6. The fourth-order valence-corrected chi connectivity index (χ4v) is 2.40. The Hall–Kier alpha value is -1.69. The van der Waals surface area contributed by atoms with Gasteiger partial charge in [0.1, 0.15) is 6.33 Å². The van der Waals surface area contributed by atoms with Gasteiger partial charge in [-0.25, -0.2) is 4.68 Å². The number of aromatic nitrogens is 3. The number of amides is 1. The SMILES string of the molecule is O=C1C[C@@H](c2cccc(Br)c2)n2ncnc2N1. The molecule has 1 amide bonds. The molecule has 1 aliphatic heterocycles. The molecule has 1 aromatic heterocycles. The number of carbonyl (C=O) groups is 1. The lowest BCUT2D eigenvalue weighted by molar-refractivity contribution is -0.117. The molecule has 1 N–H and O–H groups in total. The van der Waals surface area contributed by atoms with Crippen LogP contribution in [0.15, 0.2) is 35.1 Å². The van der Waals surface area contributed by atoms with Crippen LogP contribution in [0.1, 0.15) is 18.0 Å². The Morgan fingerprint density at radius 2 is 2.35 bits per heavy atom. The van der Waals surface area contributed by atoms with Crippen LogP contribution in [0.25, 0.3) is 0 Å². The zero-order valence-corrected chi connectivity index (χ0v) is 10.4. The van der Waals surface area contributed by atoms with E-state index in [2.05, 4.69) is 31.3 Å². The quantitative estimate of drug-likeness (QED) is 0.874. The molecule has 0 spiro atoms. The molecule has 17 heavy (non-hydrogen) atoms. The molecular weight excluding hydrogens is 284 g/mol. The Morgan fingerprint density at radius 3 is 3.18 bits per heavy atom. The van der Waals surface area contributed by atoms with Crippen LogP contribution in [0.4, 0.5) is 5.95 Å². The van der Waals surface area contributed by atoms with Crippen molar-refractivity contribution in [1.82, 2.24) is 14.8 Å². The maximum absolute atomic E-state index is 11.6. The molecule has 0 radical (unpaired) electrons. The fraction of sp³-hybridized carbons (Fsp3) is 0.182. The molecule has 2 heterocycles. The molecule has 5 nitrogen and oxygen atoms in total. The molecule has 0 saturated carbocycles. The van der Waals surface area contributed by atoms with Crippen LogP contribution in [0.3, 0.4) is 0 Å². The van der Waals surface area contributed by atoms with Gasteiger partial charge in [-0.05, 0) is 17.7 Å². The molecule has 0 bridgehead atoms. The van der Waals surface area contributed by atoms with Crippen molar-refractivity contribution in [3.05, 3.63) is 40.6 Å². The van der Waals surface area contributed by atoms with Crippen molar-refractivity contribution in [1.29, 1.82) is 0 Å². The summed E-state index contributed by atoms with van der Waals surface area (Å²) in [5.41, 5.74) is 1.04. The van der Waals surface area contributed by atoms with E-state index in [1.165, 1.54) is 6.33 Å². The van der Waals surface area contributed by atoms with Crippen molar-refractivity contribution in [3.8, 4) is 0 Å². The molecule has 0 saturated heterocycles. The zero-order chi connectivity index (χ0) is 11.8. The Balaban J connectivity index is 2.08. The molecule has 1 aromatic carbocycles. The smallest absolute Gasteiger partial charge is 0.229 e. The minimum absolute atomic E-state index is 0.0320. The third-order valence-electron chi connectivity index (χ3n) is 2.73. The van der Waals surface area contributed by atoms with Gasteiger partial charge in [-0.3, -0.25) is 10.1 Å². The topological polar surface area (TPSA) is 59.8 Å². The summed E-state index contributed by atoms with van der Waals surface area (Å²) in [6.45, 7) is 0. The summed E-state index contributed by atoms with van der Waals surface area (Å²) in [7, 11) is 0. The van der Waals surface area contributed by atoms with Crippen LogP contribution in [-0.2, 0) is 4.79 Å². The van der Waals surface area contributed by atoms with Crippen LogP contribution in [-0.4, -0.2) is 20.7 Å². The average Bonchev–Trinajstić information content (AvgIpc) is 2.75. The van der Waals surface area contributed by atoms with Crippen molar-refractivity contribution in [2.75, 3.05) is 5.32 Å². The maximum Gasteiger partial charge on any atom is 0.229 e. The van der Waals surface area contributed by atoms with Gasteiger partial charge in [-0.2, -0.15) is 10.1 Å². The van der Waals surface area contributed by atoms with E-state index in [0.29, 0.717) is 12.4 Å². The van der Waals surface area contributed by atoms with Gasteiger partial charge >= 0.3 is 0 Å². The molecule has 1 atom stereocenters. The summed E-state index contributed by atoms with van der Waals surface area (Å²) >= 11 is 3.43. The number of fused-ring (bicyclic) bond motifs is 1. The zero-order valence-electron chi connectivity index (χ0n) is 8.80. The first kappa shape index (κ1) is 10.5. The van der Waals surface area contributed by atoms with Gasteiger partial charge in [0.2, 0.25) is 11.9 Å². The highest BCUT2D eigenvalue weighted by Gasteiger charge is 2.27. The number of halogens is 1. The second-order valence-corrected chi connectivity index (χ2v) is 4.77. The van der Waals surface area contributed by atoms with Crippen molar-refractivity contribution in [3.63, 3.8) is 0 Å². The second-order valence-electron chi connectivity index (χ2n) is 3.85. The molecular formula is C11H9BrN4O. The fourth-order valence-electron chi connectivity index (χ4n) is 1.98. The second kappa shape index (κ2) is 3.96. The standard InChI is InChI=1S/C11H9BrN4O/c12-8-3-1-2-7(4-8)9-5-10(17)15-11-13-6-14-16(9)11/h1-4,6,9H,5H2,(H,13,14,15,17)/t9-/m0/s1. The Morgan fingerprint density at radius 1 is 1.47 bits per heavy atom. The molecule has 0 unspecified atom stereocenters. The number of anilines is 1. The lowest BCUT2D eigenvalue weighted by Crippen LogP contribution is -2.29. The molecule has 3 rings (SSSR count). The van der Waals surface area contributed by atoms with Gasteiger partial charge in [0.15, 0.2) is 0 Å². The third kappa shape index (κ3) is 1.84. The van der Waals surface area contributed by atoms with E-state index < -0.39 is 0 Å². The van der Waals surface area contributed by atoms with E-state index in [1.807, 2.05) is 24.3 Å². The monoisotopic (exact) mass is 292 g/mol. The van der Waals surface area contributed by atoms with Crippen molar-refractivity contribution >= 4 is 27.8 Å². The van der Waals surface area contributed by atoms with Gasteiger partial charge in [0.25, 0.3) is 0 Å². The normalized spacial score (nSPS) is 18.6. The van der Waals surface area contributed by atoms with E-state index in [-0.39, 0.29) is 11.9 Å². The van der Waals surface area contributed by atoms with Crippen molar-refractivity contribution in [2.45, 2.75) is 12.5 Å². The summed E-state index contributed by atoms with van der Waals surface area (Å²) in [6.07, 6.45) is 1.83. The van der Waals surface area contributed by atoms with Gasteiger partial charge in [0, 0.05) is 4.47 Å². The highest BCUT2D eigenvalue weighted by Crippen LogP contribution is 2.29. The minimum Gasteiger partial charge on any atom is -0.295 e. The van der Waals surface area contributed by atoms with E-state index >= 15 is 0 Å². The van der Waals surface area contributed by atoms with Crippen LogP contribution in [0.5, 0.6) is 0 Å². The first-order chi connectivity index (χ1) is 8.24. The van der Waals surface area contributed by atoms with E-state index in [4.69, 9.17) is 0 Å². The Bertz CT molecular complexity index is 580. The Labute approximate surface area is 106 Å². The largest absolute Gasteiger partial charge is 0.295 e. The van der Waals surface area contributed by atoms with Crippen LogP contribution in [0.2, 0.25) is 0 Å². The molecule has 6 heteroatoms. The van der Waals surface area contributed by atoms with Gasteiger partial charge in [0.05, 0.1) is 12.5 Å². The Kier molecular flexibility index (Phi) is 2.44. The minimum atomic E-state index is -0.0845. The van der Waals surface area contributed by atoms with Gasteiger partial charge < -0.3 is 0 Å². The summed E-state index contributed by atoms with van der Waals surface area (Å²) in [5.74, 6) is 0.474. The predicted molar refractivity (Wildman–Crippen MR) is 65.5 cm³/mol. The van der Waals surface area contributed by atoms with Gasteiger partial charge in [-0.1, -0.05) is 28.1 Å². The average molecular weight is 293 g/mol. The third-order valence-corrected chi connectivity index (χ3v) is 3.22. The first-order valence-corrected chi connectivity index (χ1v) is 5.98. The summed E-state index contributed by atoms with van der Waals surface area (Å²) in [4.78, 5) is 15.6. The summed E-state index contributed by atoms with van der Waals surface area (Å²) < 4.78 is 2.73. The molecule has 1 aliphatic rings.